The quantitative estimate of drug-likeness (QED) is 0.701. The van der Waals surface area contributed by atoms with Gasteiger partial charge in [0.25, 0.3) is 0 Å². The minimum atomic E-state index is -1.81. The summed E-state index contributed by atoms with van der Waals surface area (Å²) in [6, 6.07) is 8.67. The summed E-state index contributed by atoms with van der Waals surface area (Å²) in [6.45, 7) is 0. The molecule has 0 fully saturated rings. The summed E-state index contributed by atoms with van der Waals surface area (Å²) >= 11 is 0. The van der Waals surface area contributed by atoms with Gasteiger partial charge in [0.15, 0.2) is 0 Å². The highest BCUT2D eigenvalue weighted by atomic mass is 16.6. The third kappa shape index (κ3) is 2.36. The van der Waals surface area contributed by atoms with Gasteiger partial charge >= 0.3 is 7.32 Å². The molecule has 0 saturated carbocycles. The highest BCUT2D eigenvalue weighted by molar-refractivity contribution is 6.33. The minimum absolute atomic E-state index is 0.373. The molecule has 2 rings (SSSR count). The van der Waals surface area contributed by atoms with Crippen LogP contribution in [0.25, 0.3) is 5.69 Å². The van der Waals surface area contributed by atoms with Crippen LogP contribution >= 0.6 is 0 Å². The van der Waals surface area contributed by atoms with Crippen LogP contribution in [-0.2, 0) is 0 Å². The van der Waals surface area contributed by atoms with Crippen LogP contribution in [0.4, 0.5) is 0 Å². The molecule has 5 nitrogen and oxygen atoms in total. The summed E-state index contributed by atoms with van der Waals surface area (Å²) in [5.41, 5.74) is 0.790. The zero-order chi connectivity index (χ0) is 10.7. The maximum Gasteiger partial charge on any atom is 0.707 e. The van der Waals surface area contributed by atoms with Crippen molar-refractivity contribution < 1.29 is 14.7 Å². The van der Waals surface area contributed by atoms with Crippen molar-refractivity contribution in [3.8, 4) is 11.4 Å². The lowest BCUT2D eigenvalue weighted by Crippen LogP contribution is -2.20. The van der Waals surface area contributed by atoms with Crippen LogP contribution < -0.4 is 4.65 Å². The Hall–Kier alpha value is -1.79. The van der Waals surface area contributed by atoms with E-state index in [0.717, 1.165) is 5.69 Å². The molecule has 0 aliphatic rings. The minimum Gasteiger partial charge on any atom is -0.512 e. The molecule has 0 amide bonds. The van der Waals surface area contributed by atoms with E-state index in [9.17, 15) is 0 Å². The third-order valence-corrected chi connectivity index (χ3v) is 1.83. The van der Waals surface area contributed by atoms with Gasteiger partial charge in [0, 0.05) is 18.5 Å². The Labute approximate surface area is 86.7 Å². The molecular formula is C9H9BN2O3. The fourth-order valence-corrected chi connectivity index (χ4v) is 1.24. The standard InChI is InChI=1S/C9H9BN2O3/c13-10(14)15-9-4-1-3-8(7-9)12-6-2-5-11-12/h1-7,13-14H. The Morgan fingerprint density at radius 2 is 2.13 bits per heavy atom. The summed E-state index contributed by atoms with van der Waals surface area (Å²) in [5.74, 6) is 0.373. The second kappa shape index (κ2) is 4.16. The predicted octanol–water partition coefficient (Wildman–Crippen LogP) is 0.221. The zero-order valence-electron chi connectivity index (χ0n) is 7.82. The molecule has 0 aliphatic heterocycles. The normalized spacial score (nSPS) is 10.0. The van der Waals surface area contributed by atoms with Crippen LogP contribution in [0.2, 0.25) is 0 Å². The molecule has 0 unspecified atom stereocenters. The molecule has 15 heavy (non-hydrogen) atoms. The molecule has 1 aromatic heterocycles. The lowest BCUT2D eigenvalue weighted by atomic mass is 10.2. The van der Waals surface area contributed by atoms with Gasteiger partial charge in [-0.25, -0.2) is 4.68 Å². The molecular weight excluding hydrogens is 195 g/mol. The largest absolute Gasteiger partial charge is 0.707 e. The Kier molecular flexibility index (Phi) is 2.71. The predicted molar refractivity (Wildman–Crippen MR) is 54.4 cm³/mol. The smallest absolute Gasteiger partial charge is 0.512 e. The number of aromatic nitrogens is 2. The van der Waals surface area contributed by atoms with Crippen molar-refractivity contribution in [2.75, 3.05) is 0 Å². The van der Waals surface area contributed by atoms with Gasteiger partial charge in [-0.2, -0.15) is 5.10 Å². The van der Waals surface area contributed by atoms with Crippen molar-refractivity contribution in [2.24, 2.45) is 0 Å². The fourth-order valence-electron chi connectivity index (χ4n) is 1.24. The maximum atomic E-state index is 8.64. The van der Waals surface area contributed by atoms with E-state index >= 15 is 0 Å². The summed E-state index contributed by atoms with van der Waals surface area (Å²) in [4.78, 5) is 0. The Balaban J connectivity index is 2.27. The SMILES string of the molecule is OB(O)Oc1cccc(-n2cccn2)c1. The van der Waals surface area contributed by atoms with E-state index in [1.165, 1.54) is 0 Å². The van der Waals surface area contributed by atoms with Gasteiger partial charge in [-0.3, -0.25) is 0 Å². The zero-order valence-corrected chi connectivity index (χ0v) is 7.82. The number of nitrogens with zero attached hydrogens (tertiary/aromatic N) is 2. The van der Waals surface area contributed by atoms with E-state index in [4.69, 9.17) is 14.7 Å². The van der Waals surface area contributed by atoms with Crippen LogP contribution in [0.3, 0.4) is 0 Å². The first kappa shape index (κ1) is 9.76. The van der Waals surface area contributed by atoms with Gasteiger partial charge < -0.3 is 14.7 Å². The molecule has 0 aliphatic carbocycles. The van der Waals surface area contributed by atoms with Gasteiger partial charge in [0.05, 0.1) is 5.69 Å². The second-order valence-electron chi connectivity index (χ2n) is 2.89. The molecule has 0 spiro atoms. The van der Waals surface area contributed by atoms with Crippen molar-refractivity contribution in [1.82, 2.24) is 9.78 Å². The third-order valence-electron chi connectivity index (χ3n) is 1.83. The lowest BCUT2D eigenvalue weighted by molar-refractivity contribution is 0.288. The first-order valence-corrected chi connectivity index (χ1v) is 4.38. The molecule has 2 aromatic rings. The van der Waals surface area contributed by atoms with Crippen LogP contribution in [0.1, 0.15) is 0 Å². The van der Waals surface area contributed by atoms with Gasteiger partial charge in [-0.05, 0) is 18.2 Å². The highest BCUT2D eigenvalue weighted by Crippen LogP contribution is 2.15. The number of hydrogen-bond donors (Lipinski definition) is 2. The summed E-state index contributed by atoms with van der Waals surface area (Å²) < 4.78 is 6.37. The Morgan fingerprint density at radius 1 is 1.27 bits per heavy atom. The van der Waals surface area contributed by atoms with Crippen molar-refractivity contribution in [2.45, 2.75) is 0 Å². The molecule has 1 aromatic carbocycles. The van der Waals surface area contributed by atoms with Crippen LogP contribution in [0.15, 0.2) is 42.7 Å². The van der Waals surface area contributed by atoms with Gasteiger partial charge in [-0.15, -0.1) is 0 Å². The van der Waals surface area contributed by atoms with E-state index in [2.05, 4.69) is 5.10 Å². The van der Waals surface area contributed by atoms with E-state index < -0.39 is 7.32 Å². The van der Waals surface area contributed by atoms with Crippen LogP contribution in [0, 0.1) is 0 Å². The molecule has 0 radical (unpaired) electrons. The highest BCUT2D eigenvalue weighted by Gasteiger charge is 2.11. The average molecular weight is 204 g/mol. The maximum absolute atomic E-state index is 8.64. The van der Waals surface area contributed by atoms with Crippen molar-refractivity contribution >= 4 is 7.32 Å². The molecule has 0 saturated heterocycles. The molecule has 6 heteroatoms. The molecule has 0 bridgehead atoms. The fraction of sp³-hybridized carbons (Fsp3) is 0. The van der Waals surface area contributed by atoms with Crippen LogP contribution in [-0.4, -0.2) is 27.1 Å². The van der Waals surface area contributed by atoms with Crippen molar-refractivity contribution in [3.05, 3.63) is 42.7 Å². The van der Waals surface area contributed by atoms with Crippen LogP contribution in [0.5, 0.6) is 5.75 Å². The van der Waals surface area contributed by atoms with E-state index in [0.29, 0.717) is 5.75 Å². The van der Waals surface area contributed by atoms with Crippen molar-refractivity contribution in [1.29, 1.82) is 0 Å². The Bertz CT molecular complexity index is 431. The number of hydrogen-bond acceptors (Lipinski definition) is 4. The number of rotatable bonds is 3. The molecule has 76 valence electrons. The second-order valence-corrected chi connectivity index (χ2v) is 2.89. The van der Waals surface area contributed by atoms with E-state index in [-0.39, 0.29) is 0 Å². The van der Waals surface area contributed by atoms with Crippen molar-refractivity contribution in [3.63, 3.8) is 0 Å². The summed E-state index contributed by atoms with van der Waals surface area (Å²) in [5, 5.41) is 21.3. The molecule has 2 N–H and O–H groups in total. The average Bonchev–Trinajstić information content (AvgIpc) is 2.69. The first-order valence-electron chi connectivity index (χ1n) is 4.38. The molecule has 0 atom stereocenters. The Morgan fingerprint density at radius 3 is 2.80 bits per heavy atom. The monoisotopic (exact) mass is 204 g/mol. The van der Waals surface area contributed by atoms with Gasteiger partial charge in [0.1, 0.15) is 5.75 Å². The molecule has 1 heterocycles. The van der Waals surface area contributed by atoms with E-state index in [1.807, 2.05) is 6.07 Å². The summed E-state index contributed by atoms with van der Waals surface area (Å²) in [7, 11) is -1.81. The number of benzene rings is 1. The topological polar surface area (TPSA) is 67.5 Å². The lowest BCUT2D eigenvalue weighted by Gasteiger charge is -2.06. The van der Waals surface area contributed by atoms with Gasteiger partial charge in [-0.1, -0.05) is 6.07 Å². The first-order chi connectivity index (χ1) is 7.25. The van der Waals surface area contributed by atoms with Gasteiger partial charge in [0.2, 0.25) is 0 Å². The van der Waals surface area contributed by atoms with E-state index in [1.54, 1.807) is 41.3 Å². The summed E-state index contributed by atoms with van der Waals surface area (Å²) in [6.07, 6.45) is 3.45.